The maximum absolute atomic E-state index is 12.5. The molecule has 0 unspecified atom stereocenters. The average molecular weight is 478 g/mol. The van der Waals surface area contributed by atoms with Gasteiger partial charge in [0.05, 0.1) is 16.5 Å². The van der Waals surface area contributed by atoms with Crippen molar-refractivity contribution >= 4 is 45.0 Å². The molecule has 4 aromatic rings. The van der Waals surface area contributed by atoms with E-state index < -0.39 is 29.9 Å². The van der Waals surface area contributed by atoms with Gasteiger partial charge in [-0.3, -0.25) is 9.59 Å². The van der Waals surface area contributed by atoms with Crippen molar-refractivity contribution in [1.29, 1.82) is 0 Å². The van der Waals surface area contributed by atoms with E-state index in [9.17, 15) is 14.4 Å². The number of carbonyl (C=O) groups excluding carboxylic acids is 3. The van der Waals surface area contributed by atoms with Crippen LogP contribution in [0, 0.1) is 6.92 Å². The van der Waals surface area contributed by atoms with Gasteiger partial charge in [-0.25, -0.2) is 9.78 Å². The van der Waals surface area contributed by atoms with E-state index in [2.05, 4.69) is 21.7 Å². The number of fused-ring (bicyclic) bond motifs is 1. The Morgan fingerprint density at radius 1 is 1.06 bits per heavy atom. The number of benzene rings is 2. The van der Waals surface area contributed by atoms with Crippen LogP contribution in [0.1, 0.15) is 30.0 Å². The number of anilines is 1. The predicted molar refractivity (Wildman–Crippen MR) is 130 cm³/mol. The molecule has 0 aliphatic rings. The fourth-order valence-electron chi connectivity index (χ4n) is 3.16. The van der Waals surface area contributed by atoms with E-state index in [4.69, 9.17) is 9.15 Å². The average Bonchev–Trinajstić information content (AvgIpc) is 3.49. The van der Waals surface area contributed by atoms with Crippen LogP contribution in [-0.2, 0) is 14.3 Å². The molecule has 2 amide bonds. The van der Waals surface area contributed by atoms with Crippen molar-refractivity contribution < 1.29 is 23.5 Å². The first-order chi connectivity index (χ1) is 16.3. The van der Waals surface area contributed by atoms with Crippen molar-refractivity contribution in [3.8, 4) is 10.6 Å². The molecule has 9 heteroatoms. The molecule has 2 heterocycles. The lowest BCUT2D eigenvalue weighted by Crippen LogP contribution is -2.42. The highest BCUT2D eigenvalue weighted by molar-refractivity contribution is 7.21. The van der Waals surface area contributed by atoms with Gasteiger partial charge in [0, 0.05) is 11.3 Å². The van der Waals surface area contributed by atoms with Gasteiger partial charge in [-0.2, -0.15) is 0 Å². The topological polar surface area (TPSA) is 111 Å². The van der Waals surface area contributed by atoms with Crippen LogP contribution in [0.4, 0.5) is 5.69 Å². The SMILES string of the molecule is Cc1ccc2nc(-c3ccc(NC(=O)[C@@H](C)OC(=O)[C@@H](C)NC(=O)c4ccco4)cc3)sc2c1. The van der Waals surface area contributed by atoms with Gasteiger partial charge in [0.2, 0.25) is 0 Å². The molecule has 2 aromatic carbocycles. The monoisotopic (exact) mass is 477 g/mol. The van der Waals surface area contributed by atoms with Gasteiger partial charge >= 0.3 is 5.97 Å². The van der Waals surface area contributed by atoms with Gasteiger partial charge in [0.1, 0.15) is 11.0 Å². The van der Waals surface area contributed by atoms with Crippen LogP contribution in [-0.4, -0.2) is 34.9 Å². The zero-order chi connectivity index (χ0) is 24.2. The quantitative estimate of drug-likeness (QED) is 0.378. The second-order valence-electron chi connectivity index (χ2n) is 7.81. The Kier molecular flexibility index (Phi) is 6.74. The Morgan fingerprint density at radius 2 is 1.82 bits per heavy atom. The number of esters is 1. The summed E-state index contributed by atoms with van der Waals surface area (Å²) < 4.78 is 11.3. The molecule has 0 fully saturated rings. The summed E-state index contributed by atoms with van der Waals surface area (Å²) >= 11 is 1.61. The molecule has 0 aliphatic heterocycles. The highest BCUT2D eigenvalue weighted by atomic mass is 32.1. The number of hydrogen-bond donors (Lipinski definition) is 2. The van der Waals surface area contributed by atoms with E-state index in [0.29, 0.717) is 5.69 Å². The highest BCUT2D eigenvalue weighted by Crippen LogP contribution is 2.31. The van der Waals surface area contributed by atoms with Crippen LogP contribution < -0.4 is 10.6 Å². The summed E-state index contributed by atoms with van der Waals surface area (Å²) in [4.78, 5) is 41.4. The molecule has 0 aliphatic carbocycles. The molecular formula is C25H23N3O5S. The fraction of sp³-hybridized carbons (Fsp3) is 0.200. The van der Waals surface area contributed by atoms with Crippen molar-refractivity contribution in [1.82, 2.24) is 10.3 Å². The number of aryl methyl sites for hydroxylation is 1. The third-order valence-corrected chi connectivity index (χ3v) is 6.12. The highest BCUT2D eigenvalue weighted by Gasteiger charge is 2.24. The Balaban J connectivity index is 1.32. The minimum Gasteiger partial charge on any atom is -0.459 e. The molecule has 34 heavy (non-hydrogen) atoms. The van der Waals surface area contributed by atoms with Crippen molar-refractivity contribution in [3.63, 3.8) is 0 Å². The summed E-state index contributed by atoms with van der Waals surface area (Å²) in [5.74, 6) is -1.69. The van der Waals surface area contributed by atoms with Crippen molar-refractivity contribution in [2.24, 2.45) is 0 Å². The van der Waals surface area contributed by atoms with E-state index in [1.165, 1.54) is 31.7 Å². The van der Waals surface area contributed by atoms with E-state index in [1.54, 1.807) is 29.5 Å². The molecule has 2 atom stereocenters. The Labute approximate surface area is 199 Å². The van der Waals surface area contributed by atoms with Crippen LogP contribution >= 0.6 is 11.3 Å². The number of carbonyl (C=O) groups is 3. The molecule has 174 valence electrons. The Bertz CT molecular complexity index is 1330. The molecule has 0 saturated heterocycles. The molecule has 0 saturated carbocycles. The first kappa shape index (κ1) is 23.2. The Morgan fingerprint density at radius 3 is 2.53 bits per heavy atom. The summed E-state index contributed by atoms with van der Waals surface area (Å²) in [6.45, 7) is 4.98. The van der Waals surface area contributed by atoms with Crippen LogP contribution in [0.2, 0.25) is 0 Å². The maximum Gasteiger partial charge on any atom is 0.329 e. The lowest BCUT2D eigenvalue weighted by atomic mass is 10.2. The van der Waals surface area contributed by atoms with Gasteiger partial charge in [-0.15, -0.1) is 11.3 Å². The number of aromatic nitrogens is 1. The lowest BCUT2D eigenvalue weighted by molar-refractivity contribution is -0.154. The second-order valence-corrected chi connectivity index (χ2v) is 8.84. The lowest BCUT2D eigenvalue weighted by Gasteiger charge is -2.17. The number of ether oxygens (including phenoxy) is 1. The first-order valence-corrected chi connectivity index (χ1v) is 11.4. The van der Waals surface area contributed by atoms with Crippen LogP contribution in [0.15, 0.2) is 65.3 Å². The standard InChI is InChI=1S/C25H23N3O5S/c1-14-6-11-19-21(13-14)34-24(28-19)17-7-9-18(10-8-17)27-22(29)16(3)33-25(31)15(2)26-23(30)20-5-4-12-32-20/h4-13,15-16H,1-3H3,(H,26,30)(H,27,29)/t15-,16-/m1/s1. The summed E-state index contributed by atoms with van der Waals surface area (Å²) in [5.41, 5.74) is 3.64. The number of furan rings is 1. The van der Waals surface area contributed by atoms with Crippen LogP contribution in [0.25, 0.3) is 20.8 Å². The number of nitrogens with zero attached hydrogens (tertiary/aromatic N) is 1. The predicted octanol–water partition coefficient (Wildman–Crippen LogP) is 4.55. The van der Waals surface area contributed by atoms with Gasteiger partial charge in [0.15, 0.2) is 11.9 Å². The number of hydrogen-bond acceptors (Lipinski definition) is 7. The minimum atomic E-state index is -1.05. The molecule has 8 nitrogen and oxygen atoms in total. The van der Waals surface area contributed by atoms with Crippen molar-refractivity contribution in [3.05, 3.63) is 72.2 Å². The van der Waals surface area contributed by atoms with Crippen LogP contribution in [0.5, 0.6) is 0 Å². The summed E-state index contributed by atoms with van der Waals surface area (Å²) in [6, 6.07) is 15.5. The molecule has 2 aromatic heterocycles. The van der Waals surface area contributed by atoms with Gasteiger partial charge in [0.25, 0.3) is 11.8 Å². The Hall–Kier alpha value is -3.98. The smallest absolute Gasteiger partial charge is 0.329 e. The third kappa shape index (κ3) is 5.32. The van der Waals surface area contributed by atoms with E-state index >= 15 is 0 Å². The number of amides is 2. The minimum absolute atomic E-state index is 0.0786. The fourth-order valence-corrected chi connectivity index (χ4v) is 4.23. The first-order valence-electron chi connectivity index (χ1n) is 10.6. The number of nitrogens with one attached hydrogen (secondary N) is 2. The maximum atomic E-state index is 12.5. The molecular weight excluding hydrogens is 454 g/mol. The normalized spacial score (nSPS) is 12.7. The molecule has 0 spiro atoms. The third-order valence-electron chi connectivity index (χ3n) is 5.05. The number of thiazole rings is 1. The zero-order valence-electron chi connectivity index (χ0n) is 18.8. The van der Waals surface area contributed by atoms with Gasteiger partial charge in [-0.05, 0) is 74.9 Å². The molecule has 4 rings (SSSR count). The van der Waals surface area contributed by atoms with Gasteiger partial charge in [-0.1, -0.05) is 6.07 Å². The molecule has 2 N–H and O–H groups in total. The zero-order valence-corrected chi connectivity index (χ0v) is 19.6. The van der Waals surface area contributed by atoms with E-state index in [0.717, 1.165) is 20.8 Å². The molecule has 0 bridgehead atoms. The summed E-state index contributed by atoms with van der Waals surface area (Å²) in [7, 11) is 0. The number of rotatable bonds is 7. The van der Waals surface area contributed by atoms with Crippen LogP contribution in [0.3, 0.4) is 0 Å². The summed E-state index contributed by atoms with van der Waals surface area (Å²) in [5, 5.41) is 6.09. The van der Waals surface area contributed by atoms with Crippen molar-refractivity contribution in [2.45, 2.75) is 32.9 Å². The van der Waals surface area contributed by atoms with E-state index in [1.807, 2.05) is 31.2 Å². The van der Waals surface area contributed by atoms with E-state index in [-0.39, 0.29) is 5.76 Å². The molecule has 0 radical (unpaired) electrons. The summed E-state index contributed by atoms with van der Waals surface area (Å²) in [6.07, 6.45) is 0.305. The van der Waals surface area contributed by atoms with Crippen molar-refractivity contribution in [2.75, 3.05) is 5.32 Å². The second kappa shape index (κ2) is 9.88. The largest absolute Gasteiger partial charge is 0.459 e. The van der Waals surface area contributed by atoms with Gasteiger partial charge < -0.3 is 19.8 Å².